The van der Waals surface area contributed by atoms with Crippen LogP contribution >= 0.6 is 0 Å². The molecule has 0 saturated heterocycles. The predicted molar refractivity (Wildman–Crippen MR) is 66.2 cm³/mol. The lowest BCUT2D eigenvalue weighted by molar-refractivity contribution is -0.150. The lowest BCUT2D eigenvalue weighted by Gasteiger charge is -2.41. The molecule has 0 aromatic heterocycles. The van der Waals surface area contributed by atoms with Crippen LogP contribution in [0.15, 0.2) is 18.2 Å². The topological polar surface area (TPSA) is 40.5 Å². The van der Waals surface area contributed by atoms with Gasteiger partial charge in [-0.3, -0.25) is 4.79 Å². The highest BCUT2D eigenvalue weighted by atomic mass is 19.1. The zero-order valence-electron chi connectivity index (χ0n) is 10.8. The molecule has 1 N–H and O–H groups in total. The minimum absolute atomic E-state index is 0.0761. The van der Waals surface area contributed by atoms with Crippen molar-refractivity contribution in [2.45, 2.75) is 25.8 Å². The molecule has 19 heavy (non-hydrogen) atoms. The van der Waals surface area contributed by atoms with Crippen molar-refractivity contribution in [1.29, 1.82) is 0 Å². The Labute approximate surface area is 110 Å². The summed E-state index contributed by atoms with van der Waals surface area (Å²) in [4.78, 5) is 13.6. The lowest BCUT2D eigenvalue weighted by Crippen LogP contribution is -2.48. The smallest absolute Gasteiger partial charge is 0.231 e. The monoisotopic (exact) mass is 269 g/mol. The molecule has 2 rings (SSSR count). The van der Waals surface area contributed by atoms with Gasteiger partial charge in [0.25, 0.3) is 0 Å². The van der Waals surface area contributed by atoms with E-state index < -0.39 is 17.0 Å². The normalized spacial score (nSPS) is 16.8. The van der Waals surface area contributed by atoms with Gasteiger partial charge in [0.2, 0.25) is 5.91 Å². The Morgan fingerprint density at radius 2 is 2.11 bits per heavy atom. The molecule has 0 heterocycles. The van der Waals surface area contributed by atoms with Gasteiger partial charge in [0.15, 0.2) is 0 Å². The molecular formula is C14H17F2NO2. The molecule has 0 spiro atoms. The Bertz CT molecular complexity index is 481. The van der Waals surface area contributed by atoms with Crippen molar-refractivity contribution in [3.8, 4) is 0 Å². The average molecular weight is 269 g/mol. The summed E-state index contributed by atoms with van der Waals surface area (Å²) in [6, 6.07) is 3.31. The van der Waals surface area contributed by atoms with Crippen molar-refractivity contribution in [3.63, 3.8) is 0 Å². The summed E-state index contributed by atoms with van der Waals surface area (Å²) < 4.78 is 26.3. The van der Waals surface area contributed by atoms with Gasteiger partial charge in [0.05, 0.1) is 12.0 Å². The van der Waals surface area contributed by atoms with Crippen LogP contribution in [0.2, 0.25) is 0 Å². The first-order valence-electron chi connectivity index (χ1n) is 6.29. The summed E-state index contributed by atoms with van der Waals surface area (Å²) in [6.45, 7) is -0.102. The van der Waals surface area contributed by atoms with Crippen LogP contribution in [0.3, 0.4) is 0 Å². The SMILES string of the molecule is CN(Cc1ccc(F)cc1F)C(=O)C1(CO)CCC1. The van der Waals surface area contributed by atoms with Gasteiger partial charge in [0.1, 0.15) is 11.6 Å². The van der Waals surface area contributed by atoms with Crippen molar-refractivity contribution >= 4 is 5.91 Å². The summed E-state index contributed by atoms with van der Waals surface area (Å²) in [7, 11) is 1.57. The van der Waals surface area contributed by atoms with Crippen LogP contribution in [0, 0.1) is 17.0 Å². The van der Waals surface area contributed by atoms with E-state index in [1.807, 2.05) is 0 Å². The number of aliphatic hydroxyl groups excluding tert-OH is 1. The molecule has 0 atom stereocenters. The lowest BCUT2D eigenvalue weighted by atomic mass is 9.68. The van der Waals surface area contributed by atoms with E-state index in [-0.39, 0.29) is 24.6 Å². The molecule has 1 aliphatic carbocycles. The molecule has 5 heteroatoms. The van der Waals surface area contributed by atoms with Crippen LogP contribution in [0.4, 0.5) is 8.78 Å². The molecule has 104 valence electrons. The first-order valence-corrected chi connectivity index (χ1v) is 6.29. The number of benzene rings is 1. The largest absolute Gasteiger partial charge is 0.395 e. The second kappa shape index (κ2) is 5.25. The van der Waals surface area contributed by atoms with Crippen molar-refractivity contribution < 1.29 is 18.7 Å². The third-order valence-corrected chi connectivity index (χ3v) is 3.84. The highest BCUT2D eigenvalue weighted by molar-refractivity contribution is 5.83. The number of amides is 1. The van der Waals surface area contributed by atoms with Gasteiger partial charge in [-0.05, 0) is 18.9 Å². The Hall–Kier alpha value is -1.49. The van der Waals surface area contributed by atoms with Gasteiger partial charge >= 0.3 is 0 Å². The molecule has 0 aliphatic heterocycles. The fourth-order valence-corrected chi connectivity index (χ4v) is 2.43. The minimum Gasteiger partial charge on any atom is -0.395 e. The summed E-state index contributed by atoms with van der Waals surface area (Å²) >= 11 is 0. The van der Waals surface area contributed by atoms with Gasteiger partial charge < -0.3 is 10.0 Å². The van der Waals surface area contributed by atoms with E-state index in [1.165, 1.54) is 17.0 Å². The number of hydrogen-bond donors (Lipinski definition) is 1. The molecule has 1 aromatic rings. The van der Waals surface area contributed by atoms with E-state index in [4.69, 9.17) is 0 Å². The second-order valence-electron chi connectivity index (χ2n) is 5.19. The standard InChI is InChI=1S/C14H17F2NO2/c1-17(13(19)14(9-18)5-2-6-14)8-10-3-4-11(15)7-12(10)16/h3-4,7,18H,2,5-6,8-9H2,1H3. The number of rotatable bonds is 4. The molecule has 0 radical (unpaired) electrons. The van der Waals surface area contributed by atoms with Crippen molar-refractivity contribution in [3.05, 3.63) is 35.4 Å². The van der Waals surface area contributed by atoms with E-state index in [2.05, 4.69) is 0 Å². The van der Waals surface area contributed by atoms with Crippen LogP contribution in [0.25, 0.3) is 0 Å². The highest BCUT2D eigenvalue weighted by Gasteiger charge is 2.45. The number of halogens is 2. The Morgan fingerprint density at radius 3 is 2.58 bits per heavy atom. The fraction of sp³-hybridized carbons (Fsp3) is 0.500. The predicted octanol–water partition coefficient (Wildman–Crippen LogP) is 2.09. The van der Waals surface area contributed by atoms with E-state index in [0.717, 1.165) is 12.5 Å². The molecule has 1 fully saturated rings. The fourth-order valence-electron chi connectivity index (χ4n) is 2.43. The maximum absolute atomic E-state index is 13.5. The molecular weight excluding hydrogens is 252 g/mol. The van der Waals surface area contributed by atoms with Crippen molar-refractivity contribution in [1.82, 2.24) is 4.90 Å². The summed E-state index contributed by atoms with van der Waals surface area (Å²) in [5.74, 6) is -1.47. The van der Waals surface area contributed by atoms with E-state index in [1.54, 1.807) is 7.05 Å². The zero-order chi connectivity index (χ0) is 14.0. The zero-order valence-corrected chi connectivity index (χ0v) is 10.8. The average Bonchev–Trinajstić information content (AvgIpc) is 2.32. The summed E-state index contributed by atoms with van der Waals surface area (Å²) in [5.41, 5.74) is -0.421. The number of carbonyl (C=O) groups excluding carboxylic acids is 1. The number of hydrogen-bond acceptors (Lipinski definition) is 2. The van der Waals surface area contributed by atoms with Crippen molar-refractivity contribution in [2.24, 2.45) is 5.41 Å². The third kappa shape index (κ3) is 2.61. The summed E-state index contributed by atoms with van der Waals surface area (Å²) in [6.07, 6.45) is 2.25. The van der Waals surface area contributed by atoms with Crippen LogP contribution in [-0.4, -0.2) is 29.6 Å². The molecule has 0 unspecified atom stereocenters. The van der Waals surface area contributed by atoms with E-state index in [0.29, 0.717) is 12.8 Å². The molecule has 1 saturated carbocycles. The number of carbonyl (C=O) groups is 1. The van der Waals surface area contributed by atoms with Crippen LogP contribution in [0.5, 0.6) is 0 Å². The minimum atomic E-state index is -0.689. The molecule has 3 nitrogen and oxygen atoms in total. The Kier molecular flexibility index (Phi) is 3.85. The Balaban J connectivity index is 2.08. The highest BCUT2D eigenvalue weighted by Crippen LogP contribution is 2.42. The van der Waals surface area contributed by atoms with Gasteiger partial charge in [-0.1, -0.05) is 12.5 Å². The van der Waals surface area contributed by atoms with Gasteiger partial charge in [-0.2, -0.15) is 0 Å². The second-order valence-corrected chi connectivity index (χ2v) is 5.19. The van der Waals surface area contributed by atoms with Crippen LogP contribution < -0.4 is 0 Å². The molecule has 1 aromatic carbocycles. The Morgan fingerprint density at radius 1 is 1.42 bits per heavy atom. The third-order valence-electron chi connectivity index (χ3n) is 3.84. The number of nitrogens with zero attached hydrogens (tertiary/aromatic N) is 1. The van der Waals surface area contributed by atoms with Crippen LogP contribution in [-0.2, 0) is 11.3 Å². The first-order chi connectivity index (χ1) is 8.98. The quantitative estimate of drug-likeness (QED) is 0.909. The molecule has 1 amide bonds. The number of aliphatic hydroxyl groups is 1. The molecule has 0 bridgehead atoms. The van der Waals surface area contributed by atoms with Gasteiger partial charge in [-0.15, -0.1) is 0 Å². The summed E-state index contributed by atoms with van der Waals surface area (Å²) in [5, 5.41) is 9.34. The molecule has 1 aliphatic rings. The van der Waals surface area contributed by atoms with Gasteiger partial charge in [-0.25, -0.2) is 8.78 Å². The maximum atomic E-state index is 13.5. The van der Waals surface area contributed by atoms with Crippen LogP contribution in [0.1, 0.15) is 24.8 Å². The first kappa shape index (κ1) is 13.9. The maximum Gasteiger partial charge on any atom is 0.231 e. The van der Waals surface area contributed by atoms with Crippen molar-refractivity contribution in [2.75, 3.05) is 13.7 Å². The van der Waals surface area contributed by atoms with Gasteiger partial charge in [0, 0.05) is 25.2 Å². The van der Waals surface area contributed by atoms with E-state index in [9.17, 15) is 18.7 Å². The van der Waals surface area contributed by atoms with E-state index >= 15 is 0 Å².